The lowest BCUT2D eigenvalue weighted by atomic mass is 9.93. The summed E-state index contributed by atoms with van der Waals surface area (Å²) >= 11 is 5.40. The molecule has 0 unspecified atom stereocenters. The molecule has 3 aromatic heterocycles. The van der Waals surface area contributed by atoms with Crippen LogP contribution in [0.15, 0.2) is 34.3 Å². The van der Waals surface area contributed by atoms with Crippen molar-refractivity contribution in [3.63, 3.8) is 0 Å². The summed E-state index contributed by atoms with van der Waals surface area (Å²) in [6.45, 7) is 21.1. The fraction of sp³-hybridized carbons (Fsp3) is 0.567. The number of nitrogens with two attached hydrogens (primary N) is 1. The van der Waals surface area contributed by atoms with Crippen molar-refractivity contribution in [1.29, 1.82) is 0 Å². The van der Waals surface area contributed by atoms with Gasteiger partial charge in [-0.25, -0.2) is 0 Å². The van der Waals surface area contributed by atoms with E-state index in [9.17, 15) is 4.79 Å². The van der Waals surface area contributed by atoms with Gasteiger partial charge in [-0.05, 0) is 82.8 Å². The Morgan fingerprint density at radius 3 is 1.86 bits per heavy atom. The molecule has 1 aliphatic carbocycles. The number of amides is 1. The molecule has 5 heteroatoms. The van der Waals surface area contributed by atoms with Crippen LogP contribution in [0.4, 0.5) is 0 Å². The van der Waals surface area contributed by atoms with E-state index in [4.69, 9.17) is 5.73 Å². The minimum atomic E-state index is -0.238. The molecular weight excluding hydrogens is 487 g/mol. The second kappa shape index (κ2) is 18.8. The maximum absolute atomic E-state index is 11.5. The molecule has 198 valence electrons. The van der Waals surface area contributed by atoms with Crippen molar-refractivity contribution in [3.05, 3.63) is 65.7 Å². The van der Waals surface area contributed by atoms with Crippen molar-refractivity contribution in [2.75, 3.05) is 0 Å². The molecular formula is C30H49NOS3. The van der Waals surface area contributed by atoms with Gasteiger partial charge in [0.1, 0.15) is 0 Å². The van der Waals surface area contributed by atoms with E-state index in [1.165, 1.54) is 38.6 Å². The first-order valence-corrected chi connectivity index (χ1v) is 15.9. The van der Waals surface area contributed by atoms with Crippen molar-refractivity contribution in [2.24, 2.45) is 5.73 Å². The molecule has 0 radical (unpaired) electrons. The lowest BCUT2D eigenvalue weighted by Crippen LogP contribution is -2.16. The highest BCUT2D eigenvalue weighted by Crippen LogP contribution is 2.37. The van der Waals surface area contributed by atoms with Crippen molar-refractivity contribution < 1.29 is 4.79 Å². The van der Waals surface area contributed by atoms with E-state index in [1.807, 2.05) is 39.0 Å². The maximum Gasteiger partial charge on any atom is 0.250 e. The Balaban J connectivity index is 0.000000494. The van der Waals surface area contributed by atoms with Gasteiger partial charge in [0, 0.05) is 14.6 Å². The Morgan fingerprint density at radius 1 is 0.857 bits per heavy atom. The fourth-order valence-corrected chi connectivity index (χ4v) is 6.45. The summed E-state index contributed by atoms with van der Waals surface area (Å²) in [5, 5.41) is 6.44. The van der Waals surface area contributed by atoms with Gasteiger partial charge in [0.2, 0.25) is 5.91 Å². The molecule has 2 N–H and O–H groups in total. The first-order chi connectivity index (χ1) is 16.7. The van der Waals surface area contributed by atoms with E-state index < -0.39 is 0 Å². The molecule has 0 saturated carbocycles. The molecule has 3 heterocycles. The first-order valence-electron chi connectivity index (χ1n) is 13.2. The third-order valence-electron chi connectivity index (χ3n) is 5.29. The number of carbonyl (C=O) groups excluding carboxylic acids is 1. The average molecular weight is 536 g/mol. The molecule has 35 heavy (non-hydrogen) atoms. The highest BCUT2D eigenvalue weighted by atomic mass is 32.1. The standard InChI is InChI=1S/C12H17NOS.2C7H10S.2C2H6/c1-7(2)11-10(12(13)14)8-5-3-4-6-9(8)15-11;1-6(2)7-3-4-8-5-7;1-6(2)7-4-3-5-8-7;2*1-2/h7H,3-6H2,1-2H3,(H2,13,14);2*3-6H,1-2H3;2*1-2H3. The van der Waals surface area contributed by atoms with Crippen molar-refractivity contribution in [2.45, 2.75) is 113 Å². The number of hydrogen-bond acceptors (Lipinski definition) is 4. The van der Waals surface area contributed by atoms with E-state index in [1.54, 1.807) is 22.7 Å². The maximum atomic E-state index is 11.5. The fourth-order valence-electron chi connectivity index (χ4n) is 3.49. The Labute approximate surface area is 228 Å². The summed E-state index contributed by atoms with van der Waals surface area (Å²) in [6.07, 6.45) is 4.62. The molecule has 0 aliphatic heterocycles. The largest absolute Gasteiger partial charge is 0.366 e. The topological polar surface area (TPSA) is 43.1 Å². The van der Waals surface area contributed by atoms with Crippen LogP contribution >= 0.6 is 34.0 Å². The van der Waals surface area contributed by atoms with E-state index in [-0.39, 0.29) is 5.91 Å². The number of aryl methyl sites for hydroxylation is 1. The van der Waals surface area contributed by atoms with Crippen LogP contribution in [0, 0.1) is 0 Å². The van der Waals surface area contributed by atoms with Gasteiger partial charge in [-0.1, -0.05) is 75.3 Å². The molecule has 1 aliphatic rings. The summed E-state index contributed by atoms with van der Waals surface area (Å²) in [7, 11) is 0. The number of hydrogen-bond donors (Lipinski definition) is 1. The first kappa shape index (κ1) is 33.6. The Morgan fingerprint density at radius 2 is 1.49 bits per heavy atom. The number of carbonyl (C=O) groups is 1. The summed E-state index contributed by atoms with van der Waals surface area (Å²) in [5.41, 5.74) is 9.03. The van der Waals surface area contributed by atoms with Gasteiger partial charge in [-0.3, -0.25) is 4.79 Å². The van der Waals surface area contributed by atoms with Crippen molar-refractivity contribution in [3.8, 4) is 0 Å². The third kappa shape index (κ3) is 11.4. The number of thiophene rings is 3. The van der Waals surface area contributed by atoms with Gasteiger partial charge in [-0.15, -0.1) is 22.7 Å². The third-order valence-corrected chi connectivity index (χ3v) is 8.76. The van der Waals surface area contributed by atoms with Gasteiger partial charge < -0.3 is 5.73 Å². The Kier molecular flexibility index (Phi) is 18.0. The van der Waals surface area contributed by atoms with Crippen LogP contribution < -0.4 is 5.73 Å². The van der Waals surface area contributed by atoms with E-state index >= 15 is 0 Å². The summed E-state index contributed by atoms with van der Waals surface area (Å²) in [5.74, 6) is 1.57. The Hall–Kier alpha value is -1.43. The second-order valence-corrected chi connectivity index (χ2v) is 11.7. The average Bonchev–Trinajstić information content (AvgIpc) is 3.63. The minimum Gasteiger partial charge on any atom is -0.366 e. The molecule has 1 amide bonds. The van der Waals surface area contributed by atoms with Gasteiger partial charge >= 0.3 is 0 Å². The molecule has 0 bridgehead atoms. The molecule has 0 saturated heterocycles. The minimum absolute atomic E-state index is 0.238. The lowest BCUT2D eigenvalue weighted by Gasteiger charge is -2.11. The molecule has 3 aromatic rings. The van der Waals surface area contributed by atoms with Crippen LogP contribution in [0.1, 0.15) is 136 Å². The van der Waals surface area contributed by atoms with Gasteiger partial charge in [0.05, 0.1) is 5.56 Å². The zero-order chi connectivity index (χ0) is 27.0. The zero-order valence-corrected chi connectivity index (χ0v) is 26.2. The molecule has 4 rings (SSSR count). The normalized spacial score (nSPS) is 11.7. The van der Waals surface area contributed by atoms with Crippen molar-refractivity contribution in [1.82, 2.24) is 0 Å². The predicted octanol–water partition coefficient (Wildman–Crippen LogP) is 10.6. The van der Waals surface area contributed by atoms with Crippen LogP contribution in [-0.2, 0) is 12.8 Å². The van der Waals surface area contributed by atoms with Gasteiger partial charge in [-0.2, -0.15) is 11.3 Å². The summed E-state index contributed by atoms with van der Waals surface area (Å²) in [4.78, 5) is 15.6. The number of fused-ring (bicyclic) bond motifs is 1. The molecule has 0 fully saturated rings. The van der Waals surface area contributed by atoms with Crippen LogP contribution in [0.5, 0.6) is 0 Å². The van der Waals surface area contributed by atoms with Crippen LogP contribution in [0.25, 0.3) is 0 Å². The second-order valence-electron chi connectivity index (χ2n) is 8.85. The highest BCUT2D eigenvalue weighted by molar-refractivity contribution is 7.12. The Bertz CT molecular complexity index is 866. The van der Waals surface area contributed by atoms with Crippen LogP contribution in [-0.4, -0.2) is 5.91 Å². The molecule has 2 nitrogen and oxygen atoms in total. The quantitative estimate of drug-likeness (QED) is 0.355. The monoisotopic (exact) mass is 535 g/mol. The number of rotatable bonds is 4. The highest BCUT2D eigenvalue weighted by Gasteiger charge is 2.24. The van der Waals surface area contributed by atoms with E-state index in [0.29, 0.717) is 17.8 Å². The SMILES string of the molecule is CC.CC.CC(C)c1cccs1.CC(C)c1ccsc1.CC(C)c1sc2c(c1C(N)=O)CCCC2. The smallest absolute Gasteiger partial charge is 0.250 e. The predicted molar refractivity (Wildman–Crippen MR) is 163 cm³/mol. The van der Waals surface area contributed by atoms with Crippen LogP contribution in [0.2, 0.25) is 0 Å². The van der Waals surface area contributed by atoms with E-state index in [0.717, 1.165) is 18.4 Å². The zero-order valence-electron chi connectivity index (χ0n) is 23.7. The van der Waals surface area contributed by atoms with Crippen molar-refractivity contribution >= 4 is 39.9 Å². The molecule has 0 atom stereocenters. The van der Waals surface area contributed by atoms with Crippen LogP contribution in [0.3, 0.4) is 0 Å². The molecule has 0 aromatic carbocycles. The van der Waals surface area contributed by atoms with Gasteiger partial charge in [0.25, 0.3) is 0 Å². The van der Waals surface area contributed by atoms with Gasteiger partial charge in [0.15, 0.2) is 0 Å². The van der Waals surface area contributed by atoms with E-state index in [2.05, 4.69) is 75.9 Å². The lowest BCUT2D eigenvalue weighted by molar-refractivity contribution is 0.0998. The summed E-state index contributed by atoms with van der Waals surface area (Å²) in [6, 6.07) is 6.45. The number of primary amides is 1. The molecule has 0 spiro atoms. The summed E-state index contributed by atoms with van der Waals surface area (Å²) < 4.78 is 0.